The Kier molecular flexibility index (Phi) is 13.7. The average molecular weight is 384 g/mol. The molecule has 5 nitrogen and oxygen atoms in total. The molecule has 0 radical (unpaired) electrons. The van der Waals surface area contributed by atoms with E-state index in [4.69, 9.17) is 5.73 Å². The summed E-state index contributed by atoms with van der Waals surface area (Å²) in [6.45, 7) is 11.1. The van der Waals surface area contributed by atoms with Crippen molar-refractivity contribution in [2.45, 2.75) is 40.5 Å². The van der Waals surface area contributed by atoms with E-state index in [1.54, 1.807) is 0 Å². The number of carbonyl (C=O) groups excluding carboxylic acids is 1. The molecule has 0 atom stereocenters. The van der Waals surface area contributed by atoms with E-state index in [1.807, 2.05) is 18.7 Å². The molecule has 3 N–H and O–H groups in total. The lowest BCUT2D eigenvalue weighted by atomic mass is 10.1. The number of aliphatic imine (C=N–C) groups is 1. The Bertz CT molecular complexity index is 265. The Morgan fingerprint density at radius 2 is 1.89 bits per heavy atom. The summed E-state index contributed by atoms with van der Waals surface area (Å²) < 4.78 is 0. The lowest BCUT2D eigenvalue weighted by molar-refractivity contribution is -0.130. The zero-order valence-corrected chi connectivity index (χ0v) is 14.9. The Morgan fingerprint density at radius 3 is 2.37 bits per heavy atom. The van der Waals surface area contributed by atoms with Gasteiger partial charge in [-0.25, -0.2) is 0 Å². The van der Waals surface area contributed by atoms with Crippen molar-refractivity contribution in [2.24, 2.45) is 16.6 Å². The van der Waals surface area contributed by atoms with Gasteiger partial charge in [0, 0.05) is 32.6 Å². The first-order valence-corrected chi connectivity index (χ1v) is 6.82. The molecule has 1 amide bonds. The first-order valence-electron chi connectivity index (χ1n) is 6.82. The van der Waals surface area contributed by atoms with Gasteiger partial charge in [-0.2, -0.15) is 0 Å². The smallest absolute Gasteiger partial charge is 0.224 e. The number of hydrogen-bond acceptors (Lipinski definition) is 2. The highest BCUT2D eigenvalue weighted by Crippen LogP contribution is 1.98. The normalized spacial score (nSPS) is 11.1. The van der Waals surface area contributed by atoms with E-state index < -0.39 is 0 Å². The van der Waals surface area contributed by atoms with Crippen molar-refractivity contribution >= 4 is 35.8 Å². The molecular formula is C13H29IN4O. The van der Waals surface area contributed by atoms with Gasteiger partial charge in [0.2, 0.25) is 5.91 Å². The molecule has 0 aliphatic heterocycles. The van der Waals surface area contributed by atoms with Crippen molar-refractivity contribution in [1.29, 1.82) is 0 Å². The number of carbonyl (C=O) groups is 1. The Morgan fingerprint density at radius 1 is 1.32 bits per heavy atom. The molecule has 0 rings (SSSR count). The molecule has 114 valence electrons. The van der Waals surface area contributed by atoms with Crippen LogP contribution in [0.15, 0.2) is 4.99 Å². The summed E-state index contributed by atoms with van der Waals surface area (Å²) in [6, 6.07) is 0. The van der Waals surface area contributed by atoms with E-state index in [0.717, 1.165) is 26.1 Å². The predicted octanol–water partition coefficient (Wildman–Crippen LogP) is 1.81. The van der Waals surface area contributed by atoms with Crippen LogP contribution in [-0.4, -0.2) is 42.9 Å². The minimum absolute atomic E-state index is 0. The minimum Gasteiger partial charge on any atom is -0.370 e. The zero-order chi connectivity index (χ0) is 14.0. The molecular weight excluding hydrogens is 355 g/mol. The fourth-order valence-corrected chi connectivity index (χ4v) is 1.53. The largest absolute Gasteiger partial charge is 0.370 e. The van der Waals surface area contributed by atoms with E-state index in [9.17, 15) is 4.79 Å². The molecule has 0 unspecified atom stereocenters. The maximum Gasteiger partial charge on any atom is 0.224 e. The lowest BCUT2D eigenvalue weighted by Gasteiger charge is -2.18. The topological polar surface area (TPSA) is 70.7 Å². The SMILES string of the molecule is CCN(CC)C(=O)CCNC(N)=NCCC(C)C.I. The van der Waals surface area contributed by atoms with Crippen LogP contribution in [0, 0.1) is 5.92 Å². The first-order chi connectivity index (χ1) is 8.51. The van der Waals surface area contributed by atoms with Gasteiger partial charge in [-0.05, 0) is 26.2 Å². The van der Waals surface area contributed by atoms with E-state index in [2.05, 4.69) is 24.2 Å². The van der Waals surface area contributed by atoms with E-state index in [0.29, 0.717) is 24.8 Å². The second-order valence-electron chi connectivity index (χ2n) is 4.69. The second kappa shape index (κ2) is 12.5. The number of nitrogens with zero attached hydrogens (tertiary/aromatic N) is 2. The van der Waals surface area contributed by atoms with Crippen molar-refractivity contribution in [2.75, 3.05) is 26.2 Å². The molecule has 0 aromatic rings. The van der Waals surface area contributed by atoms with Crippen molar-refractivity contribution in [1.82, 2.24) is 10.2 Å². The molecule has 0 fully saturated rings. The lowest BCUT2D eigenvalue weighted by Crippen LogP contribution is -2.37. The number of guanidine groups is 1. The highest BCUT2D eigenvalue weighted by molar-refractivity contribution is 14.0. The Balaban J connectivity index is 0. The fourth-order valence-electron chi connectivity index (χ4n) is 1.53. The number of rotatable bonds is 8. The van der Waals surface area contributed by atoms with Crippen LogP contribution < -0.4 is 11.1 Å². The molecule has 6 heteroatoms. The van der Waals surface area contributed by atoms with Crippen LogP contribution in [0.5, 0.6) is 0 Å². The molecule has 0 aromatic carbocycles. The molecule has 0 saturated heterocycles. The van der Waals surface area contributed by atoms with Crippen molar-refractivity contribution in [3.05, 3.63) is 0 Å². The summed E-state index contributed by atoms with van der Waals surface area (Å²) in [5, 5.41) is 2.97. The molecule has 0 bridgehead atoms. The molecule has 0 heterocycles. The molecule has 0 aromatic heterocycles. The number of nitrogens with two attached hydrogens (primary N) is 1. The highest BCUT2D eigenvalue weighted by Gasteiger charge is 2.08. The highest BCUT2D eigenvalue weighted by atomic mass is 127. The van der Waals surface area contributed by atoms with Crippen LogP contribution in [-0.2, 0) is 4.79 Å². The summed E-state index contributed by atoms with van der Waals surface area (Å²) in [4.78, 5) is 17.7. The third-order valence-corrected chi connectivity index (χ3v) is 2.75. The van der Waals surface area contributed by atoms with Crippen molar-refractivity contribution in [3.8, 4) is 0 Å². The minimum atomic E-state index is 0. The second-order valence-corrected chi connectivity index (χ2v) is 4.69. The van der Waals surface area contributed by atoms with E-state index >= 15 is 0 Å². The summed E-state index contributed by atoms with van der Waals surface area (Å²) in [6.07, 6.45) is 1.49. The fraction of sp³-hybridized carbons (Fsp3) is 0.846. The van der Waals surface area contributed by atoms with Crippen LogP contribution in [0.4, 0.5) is 0 Å². The van der Waals surface area contributed by atoms with Gasteiger partial charge in [0.25, 0.3) is 0 Å². The van der Waals surface area contributed by atoms with Crippen molar-refractivity contribution in [3.63, 3.8) is 0 Å². The summed E-state index contributed by atoms with van der Waals surface area (Å²) in [5.74, 6) is 1.22. The average Bonchev–Trinajstić information content (AvgIpc) is 2.30. The van der Waals surface area contributed by atoms with Gasteiger partial charge < -0.3 is 16.0 Å². The molecule has 0 spiro atoms. The van der Waals surface area contributed by atoms with Gasteiger partial charge in [-0.1, -0.05) is 13.8 Å². The van der Waals surface area contributed by atoms with Gasteiger partial charge in [-0.15, -0.1) is 24.0 Å². The van der Waals surface area contributed by atoms with Gasteiger partial charge in [0.15, 0.2) is 5.96 Å². The number of nitrogens with one attached hydrogen (secondary N) is 1. The van der Waals surface area contributed by atoms with Gasteiger partial charge in [0.1, 0.15) is 0 Å². The van der Waals surface area contributed by atoms with Crippen molar-refractivity contribution < 1.29 is 4.79 Å². The van der Waals surface area contributed by atoms with Gasteiger partial charge in [-0.3, -0.25) is 9.79 Å². The number of halogens is 1. The van der Waals surface area contributed by atoms with Gasteiger partial charge >= 0.3 is 0 Å². The number of amides is 1. The van der Waals surface area contributed by atoms with E-state index in [1.165, 1.54) is 0 Å². The van der Waals surface area contributed by atoms with Crippen LogP contribution in [0.1, 0.15) is 40.5 Å². The summed E-state index contributed by atoms with van der Waals surface area (Å²) in [5.41, 5.74) is 5.70. The van der Waals surface area contributed by atoms with E-state index in [-0.39, 0.29) is 29.9 Å². The molecule has 0 aliphatic carbocycles. The number of hydrogen-bond donors (Lipinski definition) is 2. The predicted molar refractivity (Wildman–Crippen MR) is 91.9 cm³/mol. The zero-order valence-electron chi connectivity index (χ0n) is 12.6. The molecule has 0 aliphatic rings. The third kappa shape index (κ3) is 11.0. The standard InChI is InChI=1S/C13H28N4O.HI/c1-5-17(6-2)12(18)8-10-16-13(14)15-9-7-11(3)4;/h11H,5-10H2,1-4H3,(H3,14,15,16);1H. The maximum atomic E-state index is 11.7. The maximum absolute atomic E-state index is 11.7. The Hall–Kier alpha value is -0.530. The van der Waals surface area contributed by atoms with Crippen LogP contribution in [0.3, 0.4) is 0 Å². The molecule has 0 saturated carbocycles. The van der Waals surface area contributed by atoms with Crippen LogP contribution in [0.25, 0.3) is 0 Å². The molecule has 19 heavy (non-hydrogen) atoms. The monoisotopic (exact) mass is 384 g/mol. The van der Waals surface area contributed by atoms with Crippen LogP contribution in [0.2, 0.25) is 0 Å². The third-order valence-electron chi connectivity index (χ3n) is 2.75. The van der Waals surface area contributed by atoms with Gasteiger partial charge in [0.05, 0.1) is 0 Å². The summed E-state index contributed by atoms with van der Waals surface area (Å²) in [7, 11) is 0. The quantitative estimate of drug-likeness (QED) is 0.381. The first kappa shape index (κ1) is 20.8. The van der Waals surface area contributed by atoms with Crippen LogP contribution >= 0.6 is 24.0 Å². The summed E-state index contributed by atoms with van der Waals surface area (Å²) >= 11 is 0. The Labute approximate surface area is 134 Å².